The van der Waals surface area contributed by atoms with Crippen molar-refractivity contribution in [2.75, 3.05) is 6.54 Å². The van der Waals surface area contributed by atoms with Gasteiger partial charge in [0.25, 0.3) is 0 Å². The van der Waals surface area contributed by atoms with Crippen LogP contribution in [0.25, 0.3) is 0 Å². The predicted molar refractivity (Wildman–Crippen MR) is 115 cm³/mol. The van der Waals surface area contributed by atoms with Crippen LogP contribution in [0.15, 0.2) is 39.8 Å². The molecular weight excluding hydrogens is 441 g/mol. The maximum atomic E-state index is 15.0. The van der Waals surface area contributed by atoms with E-state index >= 15 is 4.39 Å². The summed E-state index contributed by atoms with van der Waals surface area (Å²) in [5.41, 5.74) is 4.98. The number of aromatic nitrogens is 1. The summed E-state index contributed by atoms with van der Waals surface area (Å²) in [6.45, 7) is 5.49. The molecule has 0 unspecified atom stereocenters. The number of hydrogen-bond donors (Lipinski definition) is 1. The maximum Gasteiger partial charge on any atom is 0.188 e. The number of amidine groups is 1. The van der Waals surface area contributed by atoms with Crippen LogP contribution in [0.2, 0.25) is 0 Å². The van der Waals surface area contributed by atoms with Gasteiger partial charge in [0.05, 0.1) is 21.2 Å². The second-order valence-corrected chi connectivity index (χ2v) is 11.7. The van der Waals surface area contributed by atoms with Gasteiger partial charge in [0.2, 0.25) is 0 Å². The molecule has 0 radical (unpaired) electrons. The van der Waals surface area contributed by atoms with Gasteiger partial charge in [-0.2, -0.15) is 0 Å². The summed E-state index contributed by atoms with van der Waals surface area (Å²) < 4.78 is 59.4. The van der Waals surface area contributed by atoms with Gasteiger partial charge < -0.3 is 5.73 Å². The fourth-order valence-electron chi connectivity index (χ4n) is 4.46. The molecule has 1 aromatic carbocycles. The summed E-state index contributed by atoms with van der Waals surface area (Å²) in [6.07, 6.45) is 0.936. The molecule has 3 heterocycles. The Kier molecular flexibility index (Phi) is 5.19. The number of hydrogen-bond acceptors (Lipinski definition) is 6. The summed E-state index contributed by atoms with van der Waals surface area (Å²) in [5, 5.41) is -0.561. The van der Waals surface area contributed by atoms with Crippen molar-refractivity contribution in [3.05, 3.63) is 64.7 Å². The summed E-state index contributed by atoms with van der Waals surface area (Å²) >= 11 is 0. The van der Waals surface area contributed by atoms with Crippen LogP contribution in [0.3, 0.4) is 0 Å². The summed E-state index contributed by atoms with van der Waals surface area (Å²) in [4.78, 5) is 20.7. The lowest BCUT2D eigenvalue weighted by Crippen LogP contribution is -2.58. The van der Waals surface area contributed by atoms with Crippen LogP contribution in [-0.4, -0.2) is 37.4 Å². The summed E-state index contributed by atoms with van der Waals surface area (Å²) in [7, 11) is -2.84. The average Bonchev–Trinajstić information content (AvgIpc) is 3.13. The minimum absolute atomic E-state index is 0.130. The molecule has 2 aliphatic heterocycles. The van der Waals surface area contributed by atoms with E-state index in [1.165, 1.54) is 18.2 Å². The van der Waals surface area contributed by atoms with Crippen molar-refractivity contribution in [1.29, 1.82) is 0 Å². The molecule has 170 valence electrons. The number of fused-ring (bicyclic) bond motifs is 1. The number of ketones is 1. The van der Waals surface area contributed by atoms with Gasteiger partial charge in [-0.25, -0.2) is 26.7 Å². The summed E-state index contributed by atoms with van der Waals surface area (Å²) in [5.74, 6) is -3.09. The highest BCUT2D eigenvalue weighted by Crippen LogP contribution is 2.47. The standard InChI is InChI=1S/C22H23F3N4O2S/c1-21(2)20(26)29-22(3,18-6-7-28-32(18,21)31)14-8-12(4-5-15(14)24)9-17(30)19-16(25)10-13(23)11-27-19/h4-5,8,10-11,18H,6-7,9H2,1-3H3,(H2,26,29)/t18-,22+,32+/m0/s1. The van der Waals surface area contributed by atoms with Crippen molar-refractivity contribution in [3.8, 4) is 0 Å². The zero-order valence-electron chi connectivity index (χ0n) is 17.9. The van der Waals surface area contributed by atoms with Crippen LogP contribution in [0, 0.1) is 17.5 Å². The quantitative estimate of drug-likeness (QED) is 0.700. The third-order valence-corrected chi connectivity index (χ3v) is 10.1. The van der Waals surface area contributed by atoms with E-state index in [0.717, 1.165) is 6.20 Å². The van der Waals surface area contributed by atoms with E-state index in [1.807, 2.05) is 0 Å². The smallest absolute Gasteiger partial charge is 0.188 e. The molecule has 6 nitrogen and oxygen atoms in total. The Balaban J connectivity index is 1.76. The number of carbonyl (C=O) groups is 1. The molecule has 0 saturated heterocycles. The Morgan fingerprint density at radius 3 is 2.59 bits per heavy atom. The molecule has 0 saturated carbocycles. The monoisotopic (exact) mass is 464 g/mol. The van der Waals surface area contributed by atoms with Crippen molar-refractivity contribution in [2.45, 2.75) is 49.1 Å². The van der Waals surface area contributed by atoms with Gasteiger partial charge in [-0.05, 0) is 44.9 Å². The van der Waals surface area contributed by atoms with E-state index in [2.05, 4.69) is 14.3 Å². The highest BCUT2D eigenvalue weighted by atomic mass is 32.2. The van der Waals surface area contributed by atoms with Gasteiger partial charge in [0.15, 0.2) is 11.6 Å². The second-order valence-electron chi connectivity index (χ2n) is 8.75. The van der Waals surface area contributed by atoms with E-state index in [4.69, 9.17) is 5.73 Å². The maximum absolute atomic E-state index is 15.0. The van der Waals surface area contributed by atoms with Crippen LogP contribution in [0.4, 0.5) is 13.2 Å². The Labute approximate surface area is 184 Å². The first-order valence-electron chi connectivity index (χ1n) is 10.1. The van der Waals surface area contributed by atoms with E-state index in [0.29, 0.717) is 24.6 Å². The van der Waals surface area contributed by atoms with Crippen LogP contribution in [-0.2, 0) is 21.7 Å². The SMILES string of the molecule is CC1(C)C(N)=N[C@](C)(c2cc(CC(=O)c3ncc(F)cc3F)ccc2F)[C@@H]2CCN=[S@@]21=O. The van der Waals surface area contributed by atoms with Crippen LogP contribution in [0.5, 0.6) is 0 Å². The number of rotatable bonds is 4. The molecule has 0 bridgehead atoms. The molecule has 2 aromatic rings. The minimum Gasteiger partial charge on any atom is -0.386 e. The van der Waals surface area contributed by atoms with Crippen LogP contribution in [0.1, 0.15) is 48.8 Å². The Morgan fingerprint density at radius 2 is 1.91 bits per heavy atom. The van der Waals surface area contributed by atoms with Crippen molar-refractivity contribution >= 4 is 21.3 Å². The first-order valence-corrected chi connectivity index (χ1v) is 11.7. The van der Waals surface area contributed by atoms with Crippen molar-refractivity contribution in [1.82, 2.24) is 4.98 Å². The first kappa shape index (κ1) is 22.4. The number of pyridine rings is 1. The van der Waals surface area contributed by atoms with Crippen molar-refractivity contribution in [2.24, 2.45) is 15.1 Å². The minimum atomic E-state index is -2.84. The zero-order chi connectivity index (χ0) is 23.5. The molecular formula is C22H23F3N4O2S. The molecule has 0 aliphatic carbocycles. The Morgan fingerprint density at radius 1 is 1.19 bits per heavy atom. The van der Waals surface area contributed by atoms with Gasteiger partial charge in [0.1, 0.15) is 33.4 Å². The molecule has 10 heteroatoms. The molecule has 0 spiro atoms. The van der Waals surface area contributed by atoms with Gasteiger partial charge in [-0.1, -0.05) is 6.07 Å². The van der Waals surface area contributed by atoms with Gasteiger partial charge in [-0.15, -0.1) is 0 Å². The second kappa shape index (κ2) is 7.40. The molecule has 2 aliphatic rings. The molecule has 4 rings (SSSR count). The Bertz CT molecular complexity index is 1280. The molecule has 32 heavy (non-hydrogen) atoms. The number of carbonyl (C=O) groups excluding carboxylic acids is 1. The fourth-order valence-corrected chi connectivity index (χ4v) is 7.63. The first-order chi connectivity index (χ1) is 14.9. The third-order valence-electron chi connectivity index (χ3n) is 6.40. The number of nitrogens with zero attached hydrogens (tertiary/aromatic N) is 3. The normalized spacial score (nSPS) is 28.6. The topological polar surface area (TPSA) is 97.8 Å². The molecule has 3 atom stereocenters. The van der Waals surface area contributed by atoms with E-state index < -0.39 is 54.2 Å². The van der Waals surface area contributed by atoms with Gasteiger partial charge in [-0.3, -0.25) is 9.79 Å². The highest BCUT2D eigenvalue weighted by molar-refractivity contribution is 7.96. The lowest BCUT2D eigenvalue weighted by Gasteiger charge is -2.44. The summed E-state index contributed by atoms with van der Waals surface area (Å²) in [6, 6.07) is 4.63. The third kappa shape index (κ3) is 3.23. The highest BCUT2D eigenvalue weighted by Gasteiger charge is 2.56. The van der Waals surface area contributed by atoms with E-state index in [1.54, 1.807) is 20.8 Å². The van der Waals surface area contributed by atoms with E-state index in [-0.39, 0.29) is 17.8 Å². The van der Waals surface area contributed by atoms with Crippen molar-refractivity contribution in [3.63, 3.8) is 0 Å². The number of benzene rings is 1. The Hall–Kier alpha value is -2.75. The molecule has 0 fully saturated rings. The zero-order valence-corrected chi connectivity index (χ0v) is 18.7. The molecule has 2 N–H and O–H groups in total. The van der Waals surface area contributed by atoms with E-state index in [9.17, 15) is 17.8 Å². The number of Topliss-reactive ketones (excluding diaryl/α,β-unsaturated/α-hetero) is 1. The van der Waals surface area contributed by atoms with Crippen LogP contribution >= 0.6 is 0 Å². The molecule has 0 amide bonds. The number of nitrogens with two attached hydrogens (primary N) is 1. The number of halogens is 3. The fraction of sp³-hybridized carbons (Fsp3) is 0.409. The van der Waals surface area contributed by atoms with Gasteiger partial charge >= 0.3 is 0 Å². The lowest BCUT2D eigenvalue weighted by molar-refractivity contribution is 0.0983. The van der Waals surface area contributed by atoms with Crippen molar-refractivity contribution < 1.29 is 22.2 Å². The number of aliphatic imine (C=N–C) groups is 1. The average molecular weight is 465 g/mol. The lowest BCUT2D eigenvalue weighted by atomic mass is 9.84. The van der Waals surface area contributed by atoms with Crippen LogP contribution < -0.4 is 5.73 Å². The predicted octanol–water partition coefficient (Wildman–Crippen LogP) is 3.53. The largest absolute Gasteiger partial charge is 0.386 e. The van der Waals surface area contributed by atoms with Gasteiger partial charge in [0, 0.05) is 24.6 Å². The molecule has 1 aromatic heterocycles.